The van der Waals surface area contributed by atoms with Gasteiger partial charge in [0.1, 0.15) is 17.2 Å². The van der Waals surface area contributed by atoms with Gasteiger partial charge in [-0.15, -0.1) is 0 Å². The van der Waals surface area contributed by atoms with Crippen molar-refractivity contribution in [2.75, 3.05) is 7.11 Å². The lowest BCUT2D eigenvalue weighted by molar-refractivity contribution is -0.235. The molecule has 0 N–H and O–H groups in total. The van der Waals surface area contributed by atoms with Gasteiger partial charge in [0.25, 0.3) is 0 Å². The second-order valence-electron chi connectivity index (χ2n) is 6.52. The van der Waals surface area contributed by atoms with E-state index in [-0.39, 0.29) is 5.56 Å². The maximum absolute atomic E-state index is 13.9. The Morgan fingerprint density at radius 2 is 1.26 bits per heavy atom. The standard InChI is InChI=1S/C17H16F4O.C6H3F3/c1-3-4-11-5-7-12(8-6-11)13-9-14(18)16(15(19)10-13)17(20,21)22-2;7-4-2-1-3-5(8)6(4)9/h5-10H,3-4H2,1-2H3;1-3H. The summed E-state index contributed by atoms with van der Waals surface area (Å²) in [5.41, 5.74) is 0.495. The lowest BCUT2D eigenvalue weighted by Crippen LogP contribution is -2.20. The van der Waals surface area contributed by atoms with Gasteiger partial charge in [0.2, 0.25) is 0 Å². The fourth-order valence-electron chi connectivity index (χ4n) is 2.75. The van der Waals surface area contributed by atoms with Crippen LogP contribution >= 0.6 is 0 Å². The van der Waals surface area contributed by atoms with Crippen LogP contribution in [0, 0.1) is 29.1 Å². The van der Waals surface area contributed by atoms with Gasteiger partial charge in [-0.2, -0.15) is 8.78 Å². The molecule has 3 aromatic carbocycles. The van der Waals surface area contributed by atoms with E-state index in [1.807, 2.05) is 19.1 Å². The van der Waals surface area contributed by atoms with Crippen molar-refractivity contribution in [3.05, 3.63) is 94.8 Å². The molecule has 0 saturated carbocycles. The normalized spacial score (nSPS) is 11.1. The summed E-state index contributed by atoms with van der Waals surface area (Å²) in [7, 11) is 0.694. The molecule has 0 unspecified atom stereocenters. The smallest absolute Gasteiger partial charge is 0.320 e. The van der Waals surface area contributed by atoms with Crippen molar-refractivity contribution in [1.82, 2.24) is 0 Å². The molecule has 3 aromatic rings. The van der Waals surface area contributed by atoms with Crippen LogP contribution in [0.1, 0.15) is 24.5 Å². The minimum absolute atomic E-state index is 0.203. The van der Waals surface area contributed by atoms with Crippen LogP contribution in [0.4, 0.5) is 30.7 Å². The summed E-state index contributed by atoms with van der Waals surface area (Å²) in [6.45, 7) is 2.05. The van der Waals surface area contributed by atoms with Gasteiger partial charge in [-0.1, -0.05) is 43.7 Å². The van der Waals surface area contributed by atoms with Crippen LogP contribution in [-0.4, -0.2) is 7.11 Å². The van der Waals surface area contributed by atoms with E-state index >= 15 is 0 Å². The Morgan fingerprint density at radius 1 is 0.742 bits per heavy atom. The molecule has 31 heavy (non-hydrogen) atoms. The van der Waals surface area contributed by atoms with Gasteiger partial charge in [0, 0.05) is 7.11 Å². The van der Waals surface area contributed by atoms with Gasteiger partial charge in [-0.3, -0.25) is 0 Å². The first-order valence-corrected chi connectivity index (χ1v) is 9.22. The van der Waals surface area contributed by atoms with Crippen LogP contribution < -0.4 is 0 Å². The molecule has 0 amide bonds. The van der Waals surface area contributed by atoms with E-state index in [4.69, 9.17) is 0 Å². The van der Waals surface area contributed by atoms with Crippen LogP contribution in [0.25, 0.3) is 11.1 Å². The summed E-state index contributed by atoms with van der Waals surface area (Å²) >= 11 is 0. The Morgan fingerprint density at radius 3 is 1.68 bits per heavy atom. The molecule has 3 rings (SSSR count). The molecule has 0 atom stereocenters. The van der Waals surface area contributed by atoms with Gasteiger partial charge in [-0.25, -0.2) is 22.0 Å². The summed E-state index contributed by atoms with van der Waals surface area (Å²) in [5, 5.41) is 0. The molecule has 0 spiro atoms. The van der Waals surface area contributed by atoms with E-state index in [1.165, 1.54) is 0 Å². The van der Waals surface area contributed by atoms with Crippen molar-refractivity contribution >= 4 is 0 Å². The first-order chi connectivity index (χ1) is 14.6. The Bertz CT molecular complexity index is 974. The first-order valence-electron chi connectivity index (χ1n) is 9.22. The van der Waals surface area contributed by atoms with Crippen LogP contribution in [0.2, 0.25) is 0 Å². The Kier molecular flexibility index (Phi) is 8.21. The largest absolute Gasteiger partial charge is 0.388 e. The van der Waals surface area contributed by atoms with Crippen molar-refractivity contribution in [3.8, 4) is 11.1 Å². The molecule has 0 aliphatic carbocycles. The minimum Gasteiger partial charge on any atom is -0.320 e. The zero-order valence-corrected chi connectivity index (χ0v) is 16.7. The fraction of sp³-hybridized carbons (Fsp3) is 0.217. The quantitative estimate of drug-likeness (QED) is 0.295. The molecule has 8 heteroatoms. The van der Waals surface area contributed by atoms with E-state index in [9.17, 15) is 30.7 Å². The minimum atomic E-state index is -4.00. The first kappa shape index (κ1) is 24.4. The number of hydrogen-bond donors (Lipinski definition) is 0. The number of halogens is 7. The van der Waals surface area contributed by atoms with Crippen molar-refractivity contribution in [3.63, 3.8) is 0 Å². The monoisotopic (exact) mass is 444 g/mol. The van der Waals surface area contributed by atoms with E-state index < -0.39 is 40.8 Å². The molecule has 1 nitrogen and oxygen atoms in total. The molecule has 0 radical (unpaired) electrons. The van der Waals surface area contributed by atoms with E-state index in [0.717, 1.165) is 48.7 Å². The molecule has 0 fully saturated rings. The van der Waals surface area contributed by atoms with E-state index in [0.29, 0.717) is 12.7 Å². The summed E-state index contributed by atoms with van der Waals surface area (Å²) < 4.78 is 94.3. The second-order valence-corrected chi connectivity index (χ2v) is 6.52. The zero-order chi connectivity index (χ0) is 23.2. The predicted molar refractivity (Wildman–Crippen MR) is 103 cm³/mol. The number of rotatable bonds is 5. The molecule has 0 aliphatic heterocycles. The third-order valence-electron chi connectivity index (χ3n) is 4.32. The SMILES string of the molecule is CCCc1ccc(-c2cc(F)c(C(F)(F)OC)c(F)c2)cc1.Fc1cccc(F)c1F. The third kappa shape index (κ3) is 6.07. The topological polar surface area (TPSA) is 9.23 Å². The molecule has 0 saturated heterocycles. The predicted octanol–water partition coefficient (Wildman–Crippen LogP) is 7.38. The molecular formula is C23H19F7O. The maximum atomic E-state index is 13.9. The summed E-state index contributed by atoms with van der Waals surface area (Å²) in [4.78, 5) is 0. The van der Waals surface area contributed by atoms with Crippen molar-refractivity contribution in [2.24, 2.45) is 0 Å². The van der Waals surface area contributed by atoms with Crippen LogP contribution in [0.3, 0.4) is 0 Å². The fourth-order valence-corrected chi connectivity index (χ4v) is 2.75. The summed E-state index contributed by atoms with van der Waals surface area (Å²) in [5.74, 6) is -6.40. The molecule has 0 aromatic heterocycles. The molecule has 0 heterocycles. The average molecular weight is 444 g/mol. The number of alkyl halides is 2. The van der Waals surface area contributed by atoms with E-state index in [2.05, 4.69) is 4.74 Å². The molecule has 0 bridgehead atoms. The van der Waals surface area contributed by atoms with Crippen molar-refractivity contribution in [1.29, 1.82) is 0 Å². The highest BCUT2D eigenvalue weighted by atomic mass is 19.3. The van der Waals surface area contributed by atoms with Crippen LogP contribution in [-0.2, 0) is 17.3 Å². The van der Waals surface area contributed by atoms with Crippen LogP contribution in [0.15, 0.2) is 54.6 Å². The maximum Gasteiger partial charge on any atom is 0.388 e. The van der Waals surface area contributed by atoms with Crippen LogP contribution in [0.5, 0.6) is 0 Å². The highest BCUT2D eigenvalue weighted by molar-refractivity contribution is 5.64. The highest BCUT2D eigenvalue weighted by Crippen LogP contribution is 2.35. The lowest BCUT2D eigenvalue weighted by atomic mass is 10.00. The number of aryl methyl sites for hydroxylation is 1. The molecular weight excluding hydrogens is 425 g/mol. The average Bonchev–Trinajstić information content (AvgIpc) is 2.72. The Balaban J connectivity index is 0.000000316. The number of methoxy groups -OCH3 is 1. The van der Waals surface area contributed by atoms with Gasteiger partial charge < -0.3 is 4.74 Å². The lowest BCUT2D eigenvalue weighted by Gasteiger charge is -2.16. The highest BCUT2D eigenvalue weighted by Gasteiger charge is 2.38. The molecule has 0 aliphatic rings. The summed E-state index contributed by atoms with van der Waals surface area (Å²) in [6, 6.07) is 11.7. The van der Waals surface area contributed by atoms with Gasteiger partial charge >= 0.3 is 6.11 Å². The van der Waals surface area contributed by atoms with Crippen molar-refractivity contribution < 1.29 is 35.5 Å². The van der Waals surface area contributed by atoms with Crippen molar-refractivity contribution in [2.45, 2.75) is 25.9 Å². The van der Waals surface area contributed by atoms with Gasteiger partial charge in [0.15, 0.2) is 17.5 Å². The second kappa shape index (κ2) is 10.4. The van der Waals surface area contributed by atoms with Gasteiger partial charge in [0.05, 0.1) is 0 Å². The number of hydrogen-bond acceptors (Lipinski definition) is 1. The van der Waals surface area contributed by atoms with Gasteiger partial charge in [-0.05, 0) is 47.4 Å². The summed E-state index contributed by atoms with van der Waals surface area (Å²) in [6.07, 6.45) is -2.11. The Hall–Kier alpha value is -2.87. The number of ether oxygens (including phenoxy) is 1. The third-order valence-corrected chi connectivity index (χ3v) is 4.32. The Labute approximate surface area is 175 Å². The molecule has 166 valence electrons. The number of benzene rings is 3. The van der Waals surface area contributed by atoms with E-state index in [1.54, 1.807) is 12.1 Å². The zero-order valence-electron chi connectivity index (χ0n) is 16.7.